The second kappa shape index (κ2) is 9.97. The molecule has 0 saturated heterocycles. The molecular formula is C21H27NO3. The van der Waals surface area contributed by atoms with Gasteiger partial charge in [0, 0.05) is 13.5 Å². The molecule has 0 aliphatic rings. The number of nitrogens with one attached hydrogen (secondary N) is 1. The van der Waals surface area contributed by atoms with Crippen molar-refractivity contribution >= 4 is 5.91 Å². The van der Waals surface area contributed by atoms with Gasteiger partial charge in [0.25, 0.3) is 0 Å². The Labute approximate surface area is 149 Å². The first-order valence-electron chi connectivity index (χ1n) is 8.83. The maximum atomic E-state index is 11.0. The number of carbonyl (C=O) groups excluding carboxylic acids is 1. The fraction of sp³-hybridized carbons (Fsp3) is 0.381. The second-order valence-electron chi connectivity index (χ2n) is 6.18. The molecule has 1 atom stereocenters. The molecule has 0 aromatic heterocycles. The zero-order chi connectivity index (χ0) is 18.1. The van der Waals surface area contributed by atoms with Crippen LogP contribution in [0.3, 0.4) is 0 Å². The van der Waals surface area contributed by atoms with Gasteiger partial charge in [-0.15, -0.1) is 0 Å². The van der Waals surface area contributed by atoms with Gasteiger partial charge in [0.05, 0.1) is 6.10 Å². The summed E-state index contributed by atoms with van der Waals surface area (Å²) in [6, 6.07) is 17.1. The van der Waals surface area contributed by atoms with Gasteiger partial charge in [-0.2, -0.15) is 0 Å². The average Bonchev–Trinajstić information content (AvgIpc) is 2.68. The number of benzene rings is 2. The van der Waals surface area contributed by atoms with Crippen molar-refractivity contribution in [2.45, 2.75) is 45.1 Å². The number of aryl methyl sites for hydroxylation is 1. The monoisotopic (exact) mass is 341 g/mol. The maximum absolute atomic E-state index is 11.0. The molecule has 0 fully saturated rings. The SMILES string of the molecule is CCc1ccc(-c2ccc([C@@H](CCCCC(=O)NO)OC)cc2)cc1. The Bertz CT molecular complexity index is 650. The van der Waals surface area contributed by atoms with Gasteiger partial charge in [-0.3, -0.25) is 10.0 Å². The lowest BCUT2D eigenvalue weighted by atomic mass is 9.98. The molecule has 4 nitrogen and oxygen atoms in total. The van der Waals surface area contributed by atoms with Crippen LogP contribution in [0.4, 0.5) is 0 Å². The summed E-state index contributed by atoms with van der Waals surface area (Å²) in [5, 5.41) is 8.49. The summed E-state index contributed by atoms with van der Waals surface area (Å²) in [6.07, 6.45) is 3.85. The van der Waals surface area contributed by atoms with Crippen molar-refractivity contribution in [3.63, 3.8) is 0 Å². The largest absolute Gasteiger partial charge is 0.377 e. The third-order valence-corrected chi connectivity index (χ3v) is 4.51. The van der Waals surface area contributed by atoms with Crippen LogP contribution in [-0.4, -0.2) is 18.2 Å². The van der Waals surface area contributed by atoms with Crippen molar-refractivity contribution in [1.29, 1.82) is 0 Å². The van der Waals surface area contributed by atoms with Crippen LogP contribution >= 0.6 is 0 Å². The van der Waals surface area contributed by atoms with Gasteiger partial charge in [0.2, 0.25) is 5.91 Å². The molecule has 0 aliphatic heterocycles. The zero-order valence-electron chi connectivity index (χ0n) is 15.0. The molecule has 0 aliphatic carbocycles. The van der Waals surface area contributed by atoms with E-state index in [4.69, 9.17) is 9.94 Å². The van der Waals surface area contributed by atoms with Crippen molar-refractivity contribution in [2.24, 2.45) is 0 Å². The van der Waals surface area contributed by atoms with Crippen molar-refractivity contribution < 1.29 is 14.7 Å². The number of hydrogen-bond donors (Lipinski definition) is 2. The van der Waals surface area contributed by atoms with Gasteiger partial charge in [-0.25, -0.2) is 5.48 Å². The van der Waals surface area contributed by atoms with Crippen LogP contribution in [0.25, 0.3) is 11.1 Å². The second-order valence-corrected chi connectivity index (χ2v) is 6.18. The molecule has 0 unspecified atom stereocenters. The molecule has 0 bridgehead atoms. The van der Waals surface area contributed by atoms with E-state index in [0.717, 1.165) is 31.2 Å². The molecule has 2 aromatic carbocycles. The molecule has 4 heteroatoms. The van der Waals surface area contributed by atoms with Crippen LogP contribution in [0.2, 0.25) is 0 Å². The Hall–Kier alpha value is -2.17. The first-order chi connectivity index (χ1) is 12.2. The van der Waals surface area contributed by atoms with Gasteiger partial charge >= 0.3 is 0 Å². The topological polar surface area (TPSA) is 58.6 Å². The van der Waals surface area contributed by atoms with Gasteiger partial charge in [0.15, 0.2) is 0 Å². The Morgan fingerprint density at radius 1 is 1.04 bits per heavy atom. The molecule has 0 heterocycles. The lowest BCUT2D eigenvalue weighted by Gasteiger charge is -2.16. The predicted octanol–water partition coefficient (Wildman–Crippen LogP) is 4.67. The first kappa shape index (κ1) is 19.2. The van der Waals surface area contributed by atoms with Crippen molar-refractivity contribution in [3.8, 4) is 11.1 Å². The molecular weight excluding hydrogens is 314 g/mol. The summed E-state index contributed by atoms with van der Waals surface area (Å²) in [7, 11) is 1.71. The quantitative estimate of drug-likeness (QED) is 0.396. The van der Waals surface area contributed by atoms with Crippen LogP contribution < -0.4 is 5.48 Å². The first-order valence-corrected chi connectivity index (χ1v) is 8.83. The predicted molar refractivity (Wildman–Crippen MR) is 99.4 cm³/mol. The molecule has 2 N–H and O–H groups in total. The van der Waals surface area contributed by atoms with Gasteiger partial charge in [-0.1, -0.05) is 61.9 Å². The van der Waals surface area contributed by atoms with Crippen LogP contribution in [0.1, 0.15) is 49.8 Å². The lowest BCUT2D eigenvalue weighted by molar-refractivity contribution is -0.129. The van der Waals surface area contributed by atoms with E-state index in [0.29, 0.717) is 6.42 Å². The standard InChI is InChI=1S/C21H27NO3/c1-3-16-8-10-17(11-9-16)18-12-14-19(15-13-18)20(25-2)6-4-5-7-21(23)22-24/h8-15,20,24H,3-7H2,1-2H3,(H,22,23)/t20-/m1/s1. The lowest BCUT2D eigenvalue weighted by Crippen LogP contribution is -2.17. The Morgan fingerprint density at radius 2 is 1.64 bits per heavy atom. The third kappa shape index (κ3) is 5.69. The van der Waals surface area contributed by atoms with Crippen LogP contribution in [0.15, 0.2) is 48.5 Å². The minimum absolute atomic E-state index is 0.0219. The number of amides is 1. The summed E-state index contributed by atoms with van der Waals surface area (Å²) in [6.45, 7) is 2.16. The Balaban J connectivity index is 1.95. The van der Waals surface area contributed by atoms with Gasteiger partial charge in [0.1, 0.15) is 0 Å². The van der Waals surface area contributed by atoms with Crippen LogP contribution in [-0.2, 0) is 16.0 Å². The number of unbranched alkanes of at least 4 members (excludes halogenated alkanes) is 1. The minimum atomic E-state index is -0.340. The highest BCUT2D eigenvalue weighted by Crippen LogP contribution is 2.27. The normalized spacial score (nSPS) is 12.0. The summed E-state index contributed by atoms with van der Waals surface area (Å²) >= 11 is 0. The van der Waals surface area contributed by atoms with Crippen molar-refractivity contribution in [1.82, 2.24) is 5.48 Å². The van der Waals surface area contributed by atoms with Crippen molar-refractivity contribution in [2.75, 3.05) is 7.11 Å². The smallest absolute Gasteiger partial charge is 0.243 e. The molecule has 0 saturated carbocycles. The summed E-state index contributed by atoms with van der Waals surface area (Å²) < 4.78 is 5.60. The van der Waals surface area contributed by atoms with E-state index in [2.05, 4.69) is 55.5 Å². The van der Waals surface area contributed by atoms with E-state index in [1.54, 1.807) is 12.6 Å². The molecule has 25 heavy (non-hydrogen) atoms. The van der Waals surface area contributed by atoms with Gasteiger partial charge in [-0.05, 0) is 41.5 Å². The van der Waals surface area contributed by atoms with E-state index in [9.17, 15) is 4.79 Å². The number of rotatable bonds is 9. The highest BCUT2D eigenvalue weighted by atomic mass is 16.5. The zero-order valence-corrected chi connectivity index (χ0v) is 15.0. The number of hydroxylamine groups is 1. The number of methoxy groups -OCH3 is 1. The van der Waals surface area contributed by atoms with E-state index in [1.165, 1.54) is 16.7 Å². The molecule has 2 aromatic rings. The van der Waals surface area contributed by atoms with Crippen LogP contribution in [0, 0.1) is 0 Å². The highest BCUT2D eigenvalue weighted by molar-refractivity contribution is 5.74. The van der Waals surface area contributed by atoms with Gasteiger partial charge < -0.3 is 4.74 Å². The molecule has 0 radical (unpaired) electrons. The molecule has 2 rings (SSSR count). The minimum Gasteiger partial charge on any atom is -0.377 e. The van der Waals surface area contributed by atoms with Crippen molar-refractivity contribution in [3.05, 3.63) is 59.7 Å². The number of hydrogen-bond acceptors (Lipinski definition) is 3. The van der Waals surface area contributed by atoms with Crippen LogP contribution in [0.5, 0.6) is 0 Å². The summed E-state index contributed by atoms with van der Waals surface area (Å²) in [5.41, 5.74) is 6.55. The molecule has 1 amide bonds. The molecule has 134 valence electrons. The third-order valence-electron chi connectivity index (χ3n) is 4.51. The number of carbonyl (C=O) groups is 1. The fourth-order valence-electron chi connectivity index (χ4n) is 2.91. The highest BCUT2D eigenvalue weighted by Gasteiger charge is 2.11. The van der Waals surface area contributed by atoms with E-state index >= 15 is 0 Å². The summed E-state index contributed by atoms with van der Waals surface area (Å²) in [5.74, 6) is -0.340. The maximum Gasteiger partial charge on any atom is 0.243 e. The summed E-state index contributed by atoms with van der Waals surface area (Å²) in [4.78, 5) is 11.0. The fourth-order valence-corrected chi connectivity index (χ4v) is 2.91. The average molecular weight is 341 g/mol. The van der Waals surface area contributed by atoms with E-state index in [1.807, 2.05) is 0 Å². The van der Waals surface area contributed by atoms with E-state index < -0.39 is 0 Å². The molecule has 0 spiro atoms. The van der Waals surface area contributed by atoms with E-state index in [-0.39, 0.29) is 12.0 Å². The number of ether oxygens (including phenoxy) is 1. The Kier molecular flexibility index (Phi) is 7.64. The Morgan fingerprint density at radius 3 is 2.16 bits per heavy atom.